The zero-order chi connectivity index (χ0) is 12.8. The van der Waals surface area contributed by atoms with Crippen molar-refractivity contribution in [1.82, 2.24) is 4.90 Å². The molecule has 0 saturated carbocycles. The number of hydrogen-bond donors (Lipinski definition) is 0. The van der Waals surface area contributed by atoms with Gasteiger partial charge in [-0.3, -0.25) is 4.79 Å². The molecule has 0 saturated heterocycles. The molecule has 1 rings (SSSR count). The highest BCUT2D eigenvalue weighted by molar-refractivity contribution is 9.18. The number of amides is 1. The van der Waals surface area contributed by atoms with Crippen LogP contribution in [0.5, 0.6) is 0 Å². The first-order valence-electron chi connectivity index (χ1n) is 5.97. The average molecular weight is 298 g/mol. The molecule has 0 radical (unpaired) electrons. The molecule has 17 heavy (non-hydrogen) atoms. The van der Waals surface area contributed by atoms with E-state index in [9.17, 15) is 4.79 Å². The van der Waals surface area contributed by atoms with Crippen molar-refractivity contribution in [3.8, 4) is 0 Å². The maximum Gasteiger partial charge on any atom is 0.289 e. The van der Waals surface area contributed by atoms with Crippen molar-refractivity contribution >= 4 is 20.7 Å². The molecule has 0 atom stereocenters. The van der Waals surface area contributed by atoms with E-state index < -0.39 is 0 Å². The molecule has 94 valence electrons. The highest BCUT2D eigenvalue weighted by atomic mass is 79.9. The van der Waals surface area contributed by atoms with Gasteiger partial charge < -0.3 is 4.90 Å². The molecule has 0 bridgehead atoms. The summed E-state index contributed by atoms with van der Waals surface area (Å²) in [6, 6.07) is 8.69. The minimum atomic E-state index is -0.0612. The Morgan fingerprint density at radius 2 is 1.76 bits per heavy atom. The van der Waals surface area contributed by atoms with Crippen molar-refractivity contribution in [2.24, 2.45) is 5.92 Å². The largest absolute Gasteiger partial charge is 0.336 e. The summed E-state index contributed by atoms with van der Waals surface area (Å²) >= 11 is 2.94. The van der Waals surface area contributed by atoms with E-state index in [0.717, 1.165) is 19.4 Å². The maximum atomic E-state index is 11.0. The van der Waals surface area contributed by atoms with Gasteiger partial charge in [0.1, 0.15) is 0 Å². The highest BCUT2D eigenvalue weighted by Gasteiger charge is 2.04. The minimum absolute atomic E-state index is 0.0612. The molecule has 0 fully saturated rings. The Labute approximate surface area is 112 Å². The van der Waals surface area contributed by atoms with Crippen LogP contribution in [0.4, 0.5) is 4.79 Å². The molecule has 1 aromatic rings. The summed E-state index contributed by atoms with van der Waals surface area (Å²) in [4.78, 5) is 12.6. The number of likely N-dealkylation sites (N-methyl/N-ethyl adjacent to an activating group) is 1. The van der Waals surface area contributed by atoms with Crippen molar-refractivity contribution in [3.05, 3.63) is 35.4 Å². The monoisotopic (exact) mass is 297 g/mol. The molecule has 2 nitrogen and oxygen atoms in total. The van der Waals surface area contributed by atoms with E-state index >= 15 is 0 Å². The average Bonchev–Trinajstić information content (AvgIpc) is 2.26. The number of carbonyl (C=O) groups excluding carboxylic acids is 1. The zero-order valence-electron chi connectivity index (χ0n) is 10.7. The molecular formula is C14H20BrNO. The first-order chi connectivity index (χ1) is 7.99. The lowest BCUT2D eigenvalue weighted by Crippen LogP contribution is -2.23. The quantitative estimate of drug-likeness (QED) is 0.597. The van der Waals surface area contributed by atoms with E-state index in [1.54, 1.807) is 11.9 Å². The SMILES string of the molecule is CC(C)Cc1ccc(CCN(C)C(=O)Br)cc1. The Bertz CT molecular complexity index is 359. The fourth-order valence-corrected chi connectivity index (χ4v) is 1.88. The third kappa shape index (κ3) is 5.35. The van der Waals surface area contributed by atoms with Gasteiger partial charge in [0, 0.05) is 29.5 Å². The van der Waals surface area contributed by atoms with Gasteiger partial charge in [0.25, 0.3) is 4.82 Å². The number of benzene rings is 1. The van der Waals surface area contributed by atoms with Crippen molar-refractivity contribution in [2.45, 2.75) is 26.7 Å². The summed E-state index contributed by atoms with van der Waals surface area (Å²) in [6.45, 7) is 5.20. The van der Waals surface area contributed by atoms with Gasteiger partial charge in [0.05, 0.1) is 0 Å². The zero-order valence-corrected chi connectivity index (χ0v) is 12.3. The lowest BCUT2D eigenvalue weighted by atomic mass is 10.0. The molecule has 1 amide bonds. The Kier molecular flexibility index (Phi) is 5.69. The Hall–Kier alpha value is -0.830. The van der Waals surface area contributed by atoms with E-state index in [1.165, 1.54) is 11.1 Å². The molecule has 0 aliphatic carbocycles. The summed E-state index contributed by atoms with van der Waals surface area (Å²) < 4.78 is 0. The fraction of sp³-hybridized carbons (Fsp3) is 0.500. The maximum absolute atomic E-state index is 11.0. The van der Waals surface area contributed by atoms with Gasteiger partial charge in [-0.1, -0.05) is 38.1 Å². The molecule has 0 heterocycles. The smallest absolute Gasteiger partial charge is 0.289 e. The molecule has 0 aliphatic heterocycles. The van der Waals surface area contributed by atoms with E-state index in [4.69, 9.17) is 0 Å². The molecule has 1 aromatic carbocycles. The van der Waals surface area contributed by atoms with Gasteiger partial charge in [0.15, 0.2) is 0 Å². The second kappa shape index (κ2) is 6.80. The van der Waals surface area contributed by atoms with Gasteiger partial charge in [-0.15, -0.1) is 0 Å². The lowest BCUT2D eigenvalue weighted by Gasteiger charge is -2.13. The van der Waals surface area contributed by atoms with Crippen molar-refractivity contribution in [1.29, 1.82) is 0 Å². The van der Waals surface area contributed by atoms with E-state index in [0.29, 0.717) is 5.92 Å². The number of halogens is 1. The van der Waals surface area contributed by atoms with Crippen molar-refractivity contribution in [3.63, 3.8) is 0 Å². The summed E-state index contributed by atoms with van der Waals surface area (Å²) in [5.74, 6) is 0.693. The third-order valence-corrected chi connectivity index (χ3v) is 3.31. The fourth-order valence-electron chi connectivity index (χ4n) is 1.70. The molecule has 0 aromatic heterocycles. The normalized spacial score (nSPS) is 10.6. The minimum Gasteiger partial charge on any atom is -0.336 e. The van der Waals surface area contributed by atoms with Gasteiger partial charge in [0.2, 0.25) is 0 Å². The van der Waals surface area contributed by atoms with Crippen LogP contribution in [0.1, 0.15) is 25.0 Å². The molecular weight excluding hydrogens is 278 g/mol. The summed E-state index contributed by atoms with van der Waals surface area (Å²) in [5.41, 5.74) is 2.66. The standard InChI is InChI=1S/C14H20BrNO/c1-11(2)10-13-6-4-12(5-7-13)8-9-16(3)14(15)17/h4-7,11H,8-10H2,1-3H3. The summed E-state index contributed by atoms with van der Waals surface area (Å²) in [7, 11) is 1.80. The summed E-state index contributed by atoms with van der Waals surface area (Å²) in [6.07, 6.45) is 2.02. The van der Waals surface area contributed by atoms with Crippen LogP contribution in [0.25, 0.3) is 0 Å². The molecule has 3 heteroatoms. The van der Waals surface area contributed by atoms with E-state index in [1.807, 2.05) is 0 Å². The van der Waals surface area contributed by atoms with Crippen LogP contribution >= 0.6 is 15.9 Å². The second-order valence-corrected chi connectivity index (χ2v) is 5.52. The van der Waals surface area contributed by atoms with E-state index in [2.05, 4.69) is 54.0 Å². The third-order valence-electron chi connectivity index (χ3n) is 2.70. The number of rotatable bonds is 5. The molecule has 0 spiro atoms. The Balaban J connectivity index is 2.48. The number of hydrogen-bond acceptors (Lipinski definition) is 1. The molecule has 0 aliphatic rings. The van der Waals surface area contributed by atoms with Crippen molar-refractivity contribution < 1.29 is 4.79 Å². The van der Waals surface area contributed by atoms with Crippen LogP contribution in [0.3, 0.4) is 0 Å². The number of carbonyl (C=O) groups is 1. The van der Waals surface area contributed by atoms with E-state index in [-0.39, 0.29) is 4.82 Å². The van der Waals surface area contributed by atoms with Crippen molar-refractivity contribution in [2.75, 3.05) is 13.6 Å². The first kappa shape index (κ1) is 14.2. The molecule has 0 unspecified atom stereocenters. The van der Waals surface area contributed by atoms with Gasteiger partial charge in [-0.2, -0.15) is 0 Å². The van der Waals surface area contributed by atoms with Gasteiger partial charge in [-0.25, -0.2) is 0 Å². The van der Waals surface area contributed by atoms with Crippen LogP contribution in [0, 0.1) is 5.92 Å². The topological polar surface area (TPSA) is 20.3 Å². The lowest BCUT2D eigenvalue weighted by molar-refractivity contribution is 0.235. The predicted molar refractivity (Wildman–Crippen MR) is 75.6 cm³/mol. The Morgan fingerprint density at radius 3 is 2.24 bits per heavy atom. The van der Waals surface area contributed by atoms with Crippen LogP contribution in [-0.2, 0) is 12.8 Å². The predicted octanol–water partition coefficient (Wildman–Crippen LogP) is 3.87. The van der Waals surface area contributed by atoms with Gasteiger partial charge in [-0.05, 0) is 29.9 Å². The number of nitrogens with zero attached hydrogens (tertiary/aromatic N) is 1. The van der Waals surface area contributed by atoms with Crippen LogP contribution in [-0.4, -0.2) is 23.3 Å². The van der Waals surface area contributed by atoms with Crippen LogP contribution < -0.4 is 0 Å². The van der Waals surface area contributed by atoms with Crippen LogP contribution in [0.2, 0.25) is 0 Å². The molecule has 0 N–H and O–H groups in total. The highest BCUT2D eigenvalue weighted by Crippen LogP contribution is 2.10. The Morgan fingerprint density at radius 1 is 1.24 bits per heavy atom. The van der Waals surface area contributed by atoms with Crippen LogP contribution in [0.15, 0.2) is 24.3 Å². The second-order valence-electron chi connectivity index (χ2n) is 4.84. The van der Waals surface area contributed by atoms with Gasteiger partial charge >= 0.3 is 0 Å². The first-order valence-corrected chi connectivity index (χ1v) is 6.76. The summed E-state index contributed by atoms with van der Waals surface area (Å²) in [5, 5.41) is 0.